The van der Waals surface area contributed by atoms with Crippen molar-refractivity contribution in [3.05, 3.63) is 53.4 Å². The standard InChI is InChI=1S/C38H53FO3/c1-23(2)25-13-18-38(22-40)20-19-36(6)28(32(25)38)11-12-31-35(5)16-14-27(34(3,4)30(35)15-17-37(31,36)7)24-9-10-26(29(39)21-24)33(41)42-8/h9-10,14,21,25,28,30-32,40H,1,11-13,15-20,22H2,2-8H3/t25-,28+,30-,31+,32+,35-,36+,37+,38+/m0/s1. The number of rotatable bonds is 4. The second-order valence-corrected chi connectivity index (χ2v) is 16.4. The minimum absolute atomic E-state index is 0.00686. The van der Waals surface area contributed by atoms with Crippen LogP contribution in [0.25, 0.3) is 5.57 Å². The number of hydrogen-bond donors (Lipinski definition) is 1. The zero-order valence-corrected chi connectivity index (χ0v) is 27.1. The average Bonchev–Trinajstić information content (AvgIpc) is 3.33. The molecule has 0 radical (unpaired) electrons. The van der Waals surface area contributed by atoms with Crippen LogP contribution in [0.3, 0.4) is 0 Å². The highest BCUT2D eigenvalue weighted by atomic mass is 19.1. The molecule has 4 heteroatoms. The first kappa shape index (κ1) is 30.1. The van der Waals surface area contributed by atoms with Crippen molar-refractivity contribution in [3.8, 4) is 0 Å². The summed E-state index contributed by atoms with van der Waals surface area (Å²) in [7, 11) is 1.29. The van der Waals surface area contributed by atoms with Gasteiger partial charge in [-0.1, -0.05) is 58.9 Å². The van der Waals surface area contributed by atoms with E-state index in [2.05, 4.69) is 54.2 Å². The Morgan fingerprint density at radius 2 is 1.74 bits per heavy atom. The molecule has 1 N–H and O–H groups in total. The monoisotopic (exact) mass is 576 g/mol. The lowest BCUT2D eigenvalue weighted by molar-refractivity contribution is -0.228. The van der Waals surface area contributed by atoms with Crippen LogP contribution in [0.5, 0.6) is 0 Å². The van der Waals surface area contributed by atoms with E-state index in [1.54, 1.807) is 6.07 Å². The van der Waals surface area contributed by atoms with Gasteiger partial charge in [-0.2, -0.15) is 0 Å². The van der Waals surface area contributed by atoms with Crippen LogP contribution in [-0.4, -0.2) is 24.8 Å². The van der Waals surface area contributed by atoms with Crippen molar-refractivity contribution in [2.24, 2.45) is 56.7 Å². The third-order valence-electron chi connectivity index (χ3n) is 14.8. The van der Waals surface area contributed by atoms with Crippen LogP contribution in [0.15, 0.2) is 36.4 Å². The molecule has 42 heavy (non-hydrogen) atoms. The van der Waals surface area contributed by atoms with Crippen LogP contribution in [0.2, 0.25) is 0 Å². The number of methoxy groups -OCH3 is 1. The molecule has 1 aromatic rings. The summed E-state index contributed by atoms with van der Waals surface area (Å²) in [5.41, 5.74) is 4.07. The highest BCUT2D eigenvalue weighted by Crippen LogP contribution is 2.77. The van der Waals surface area contributed by atoms with Gasteiger partial charge in [-0.05, 0) is 145 Å². The van der Waals surface area contributed by atoms with Crippen LogP contribution in [-0.2, 0) is 4.74 Å². The number of allylic oxidation sites excluding steroid dienone is 3. The van der Waals surface area contributed by atoms with Crippen LogP contribution in [0.4, 0.5) is 4.39 Å². The Labute approximate surface area is 253 Å². The van der Waals surface area contributed by atoms with Gasteiger partial charge in [-0.3, -0.25) is 0 Å². The van der Waals surface area contributed by atoms with Gasteiger partial charge in [0.05, 0.1) is 12.7 Å². The van der Waals surface area contributed by atoms with Gasteiger partial charge in [0.25, 0.3) is 0 Å². The molecule has 0 heterocycles. The minimum atomic E-state index is -0.634. The number of esters is 1. The van der Waals surface area contributed by atoms with Gasteiger partial charge in [-0.15, -0.1) is 0 Å². The number of halogens is 1. The largest absolute Gasteiger partial charge is 0.465 e. The van der Waals surface area contributed by atoms with Crippen molar-refractivity contribution in [3.63, 3.8) is 0 Å². The van der Waals surface area contributed by atoms with Gasteiger partial charge in [0.15, 0.2) is 0 Å². The summed E-state index contributed by atoms with van der Waals surface area (Å²) in [6.45, 7) is 19.6. The Bertz CT molecular complexity index is 1330. The zero-order valence-electron chi connectivity index (χ0n) is 27.1. The Hall–Kier alpha value is -1.94. The number of benzene rings is 1. The molecule has 0 bridgehead atoms. The van der Waals surface area contributed by atoms with Crippen LogP contribution in [0.1, 0.15) is 115 Å². The molecular formula is C38H53FO3. The van der Waals surface area contributed by atoms with E-state index in [0.29, 0.717) is 36.2 Å². The summed E-state index contributed by atoms with van der Waals surface area (Å²) in [6.07, 6.45) is 13.1. The number of ether oxygens (including phenoxy) is 1. The maximum absolute atomic E-state index is 15.0. The minimum Gasteiger partial charge on any atom is -0.465 e. The van der Waals surface area contributed by atoms with E-state index in [1.165, 1.54) is 62.8 Å². The second kappa shape index (κ2) is 9.78. The fourth-order valence-electron chi connectivity index (χ4n) is 12.6. The number of aliphatic hydroxyl groups is 1. The molecule has 230 valence electrons. The Morgan fingerprint density at radius 3 is 2.38 bits per heavy atom. The molecule has 1 aromatic carbocycles. The highest BCUT2D eigenvalue weighted by molar-refractivity contribution is 5.90. The van der Waals surface area contributed by atoms with Gasteiger partial charge in [0.2, 0.25) is 0 Å². The van der Waals surface area contributed by atoms with Crippen molar-refractivity contribution in [2.45, 2.75) is 99.3 Å². The van der Waals surface area contributed by atoms with Crippen molar-refractivity contribution in [1.82, 2.24) is 0 Å². The quantitative estimate of drug-likeness (QED) is 0.287. The average molecular weight is 577 g/mol. The fraction of sp³-hybridized carbons (Fsp3) is 0.711. The fourth-order valence-corrected chi connectivity index (χ4v) is 12.6. The summed E-state index contributed by atoms with van der Waals surface area (Å²) in [4.78, 5) is 12.0. The predicted octanol–water partition coefficient (Wildman–Crippen LogP) is 9.26. The molecule has 0 saturated heterocycles. The Kier molecular flexibility index (Phi) is 7.01. The normalized spacial score (nSPS) is 43.7. The Morgan fingerprint density at radius 1 is 1.00 bits per heavy atom. The van der Waals surface area contributed by atoms with Crippen molar-refractivity contribution < 1.29 is 19.0 Å². The lowest BCUT2D eigenvalue weighted by Crippen LogP contribution is -2.65. The first-order valence-corrected chi connectivity index (χ1v) is 16.6. The molecule has 9 atom stereocenters. The number of hydrogen-bond acceptors (Lipinski definition) is 3. The summed E-state index contributed by atoms with van der Waals surface area (Å²) < 4.78 is 19.8. The Balaban J connectivity index is 1.36. The molecule has 3 nitrogen and oxygen atoms in total. The van der Waals surface area contributed by atoms with Gasteiger partial charge in [0.1, 0.15) is 5.82 Å². The number of carbonyl (C=O) groups excluding carboxylic acids is 1. The zero-order chi connectivity index (χ0) is 30.5. The van der Waals surface area contributed by atoms with Crippen LogP contribution >= 0.6 is 0 Å². The summed E-state index contributed by atoms with van der Waals surface area (Å²) in [5, 5.41) is 10.8. The predicted molar refractivity (Wildman–Crippen MR) is 167 cm³/mol. The van der Waals surface area contributed by atoms with Gasteiger partial charge < -0.3 is 9.84 Å². The third kappa shape index (κ3) is 3.81. The van der Waals surface area contributed by atoms with E-state index >= 15 is 4.39 Å². The van der Waals surface area contributed by atoms with Crippen LogP contribution < -0.4 is 0 Å². The van der Waals surface area contributed by atoms with Crippen LogP contribution in [0, 0.1) is 62.5 Å². The summed E-state index contributed by atoms with van der Waals surface area (Å²) >= 11 is 0. The van der Waals surface area contributed by atoms with Crippen molar-refractivity contribution in [2.75, 3.05) is 13.7 Å². The van der Waals surface area contributed by atoms with Crippen molar-refractivity contribution >= 4 is 11.5 Å². The molecule has 0 amide bonds. The highest BCUT2D eigenvalue weighted by Gasteiger charge is 2.70. The van der Waals surface area contributed by atoms with E-state index in [0.717, 1.165) is 24.8 Å². The number of fused-ring (bicyclic) bond motifs is 7. The lowest BCUT2D eigenvalue weighted by Gasteiger charge is -2.72. The SMILES string of the molecule is C=C(C)[C@@H]1CC[C@]2(CO)CC[C@]3(C)[C@H](CC[C@@H]4[C@@]5(C)CC=C(c6ccc(C(=O)OC)c(F)c6)C(C)(C)[C@@H]5CC[C@]43C)[C@@H]12. The lowest BCUT2D eigenvalue weighted by atomic mass is 9.32. The second-order valence-electron chi connectivity index (χ2n) is 16.4. The van der Waals surface area contributed by atoms with Gasteiger partial charge >= 0.3 is 5.97 Å². The molecule has 0 aliphatic heterocycles. The molecule has 5 aliphatic rings. The van der Waals surface area contributed by atoms with E-state index in [9.17, 15) is 9.90 Å². The maximum Gasteiger partial charge on any atom is 0.340 e. The van der Waals surface area contributed by atoms with E-state index in [-0.39, 0.29) is 32.6 Å². The first-order valence-electron chi connectivity index (χ1n) is 16.6. The number of carbonyl (C=O) groups is 1. The molecular weight excluding hydrogens is 523 g/mol. The molecule has 4 fully saturated rings. The molecule has 4 saturated carbocycles. The maximum atomic E-state index is 15.0. The van der Waals surface area contributed by atoms with Gasteiger partial charge in [-0.25, -0.2) is 9.18 Å². The van der Waals surface area contributed by atoms with E-state index in [4.69, 9.17) is 4.74 Å². The first-order chi connectivity index (χ1) is 19.7. The third-order valence-corrected chi connectivity index (χ3v) is 14.8. The molecule has 0 aromatic heterocycles. The van der Waals surface area contributed by atoms with E-state index < -0.39 is 11.8 Å². The topological polar surface area (TPSA) is 46.5 Å². The summed E-state index contributed by atoms with van der Waals surface area (Å²) in [5.74, 6) is 1.72. The smallest absolute Gasteiger partial charge is 0.340 e. The van der Waals surface area contributed by atoms with Crippen molar-refractivity contribution in [1.29, 1.82) is 0 Å². The van der Waals surface area contributed by atoms with E-state index in [1.807, 2.05) is 6.07 Å². The van der Waals surface area contributed by atoms with Gasteiger partial charge in [0, 0.05) is 6.61 Å². The molecule has 6 rings (SSSR count). The number of aliphatic hydroxyl groups excluding tert-OH is 1. The molecule has 0 spiro atoms. The molecule has 0 unspecified atom stereocenters. The molecule has 5 aliphatic carbocycles. The summed E-state index contributed by atoms with van der Waals surface area (Å²) in [6, 6.07) is 5.02.